The van der Waals surface area contributed by atoms with Crippen LogP contribution in [0.2, 0.25) is 0 Å². The highest BCUT2D eigenvalue weighted by Crippen LogP contribution is 2.04. The Kier molecular flexibility index (Phi) is 3.58. The SMILES string of the molecule is CCC/C=C/C(=O)N1C=CCC1. The molecule has 1 amide bonds. The first kappa shape index (κ1) is 9.04. The number of carbonyl (C=O) groups excluding carboxylic acids is 1. The zero-order valence-corrected chi connectivity index (χ0v) is 7.49. The molecule has 0 radical (unpaired) electrons. The van der Waals surface area contributed by atoms with Gasteiger partial charge in [0.25, 0.3) is 0 Å². The Labute approximate surface area is 73.6 Å². The fourth-order valence-electron chi connectivity index (χ4n) is 1.12. The third-order valence-corrected chi connectivity index (χ3v) is 1.82. The van der Waals surface area contributed by atoms with Gasteiger partial charge in [0.15, 0.2) is 0 Å². The molecule has 2 heteroatoms. The van der Waals surface area contributed by atoms with Crippen molar-refractivity contribution in [3.63, 3.8) is 0 Å². The predicted octanol–water partition coefficient (Wildman–Crippen LogP) is 2.09. The molecule has 0 saturated heterocycles. The number of nitrogens with zero attached hydrogens (tertiary/aromatic N) is 1. The van der Waals surface area contributed by atoms with Crippen molar-refractivity contribution in [3.05, 3.63) is 24.4 Å². The van der Waals surface area contributed by atoms with Crippen molar-refractivity contribution >= 4 is 5.91 Å². The van der Waals surface area contributed by atoms with Gasteiger partial charge in [0.1, 0.15) is 0 Å². The fraction of sp³-hybridized carbons (Fsp3) is 0.500. The van der Waals surface area contributed by atoms with Gasteiger partial charge in [-0.3, -0.25) is 4.79 Å². The summed E-state index contributed by atoms with van der Waals surface area (Å²) in [5.74, 6) is 0.109. The lowest BCUT2D eigenvalue weighted by Crippen LogP contribution is -2.21. The van der Waals surface area contributed by atoms with Gasteiger partial charge in [-0.2, -0.15) is 0 Å². The smallest absolute Gasteiger partial charge is 0.250 e. The van der Waals surface area contributed by atoms with E-state index in [-0.39, 0.29) is 5.91 Å². The molecule has 0 aliphatic carbocycles. The number of allylic oxidation sites excluding steroid dienone is 1. The molecule has 0 bridgehead atoms. The van der Waals surface area contributed by atoms with Gasteiger partial charge in [-0.1, -0.05) is 25.5 Å². The molecule has 66 valence electrons. The van der Waals surface area contributed by atoms with Crippen LogP contribution in [0.5, 0.6) is 0 Å². The zero-order chi connectivity index (χ0) is 8.81. The lowest BCUT2D eigenvalue weighted by atomic mass is 10.3. The van der Waals surface area contributed by atoms with Crippen molar-refractivity contribution in [1.29, 1.82) is 0 Å². The Morgan fingerprint density at radius 3 is 3.08 bits per heavy atom. The second kappa shape index (κ2) is 4.75. The van der Waals surface area contributed by atoms with Crippen molar-refractivity contribution in [1.82, 2.24) is 4.90 Å². The summed E-state index contributed by atoms with van der Waals surface area (Å²) in [5, 5.41) is 0. The molecule has 1 rings (SSSR count). The van der Waals surface area contributed by atoms with Gasteiger partial charge in [0.2, 0.25) is 5.91 Å². The third-order valence-electron chi connectivity index (χ3n) is 1.82. The Morgan fingerprint density at radius 1 is 1.67 bits per heavy atom. The summed E-state index contributed by atoms with van der Waals surface area (Å²) in [6.07, 6.45) is 10.6. The van der Waals surface area contributed by atoms with Gasteiger partial charge in [-0.25, -0.2) is 0 Å². The van der Waals surface area contributed by atoms with Crippen molar-refractivity contribution < 1.29 is 4.79 Å². The summed E-state index contributed by atoms with van der Waals surface area (Å²) < 4.78 is 0. The third kappa shape index (κ3) is 2.53. The van der Waals surface area contributed by atoms with Crippen molar-refractivity contribution in [3.8, 4) is 0 Å². The summed E-state index contributed by atoms with van der Waals surface area (Å²) in [5.41, 5.74) is 0. The highest BCUT2D eigenvalue weighted by molar-refractivity contribution is 5.88. The van der Waals surface area contributed by atoms with Crippen LogP contribution < -0.4 is 0 Å². The predicted molar refractivity (Wildman–Crippen MR) is 49.5 cm³/mol. The molecule has 0 atom stereocenters. The molecule has 1 heterocycles. The number of amides is 1. The first-order valence-corrected chi connectivity index (χ1v) is 4.48. The van der Waals surface area contributed by atoms with E-state index in [2.05, 4.69) is 6.92 Å². The lowest BCUT2D eigenvalue weighted by Gasteiger charge is -2.09. The second-order valence-electron chi connectivity index (χ2n) is 2.90. The molecule has 2 nitrogen and oxygen atoms in total. The highest BCUT2D eigenvalue weighted by atomic mass is 16.2. The van der Waals surface area contributed by atoms with E-state index in [1.165, 1.54) is 0 Å². The van der Waals surface area contributed by atoms with E-state index in [9.17, 15) is 4.79 Å². The molecule has 0 aromatic carbocycles. The number of rotatable bonds is 3. The monoisotopic (exact) mass is 165 g/mol. The average molecular weight is 165 g/mol. The number of carbonyl (C=O) groups is 1. The van der Waals surface area contributed by atoms with Crippen LogP contribution in [-0.2, 0) is 4.79 Å². The van der Waals surface area contributed by atoms with Crippen LogP contribution in [0.3, 0.4) is 0 Å². The van der Waals surface area contributed by atoms with Crippen LogP contribution in [0.4, 0.5) is 0 Å². The normalized spacial score (nSPS) is 16.2. The van der Waals surface area contributed by atoms with E-state index < -0.39 is 0 Å². The maximum Gasteiger partial charge on any atom is 0.250 e. The molecule has 0 N–H and O–H groups in total. The quantitative estimate of drug-likeness (QED) is 0.586. The summed E-state index contributed by atoms with van der Waals surface area (Å²) >= 11 is 0. The maximum atomic E-state index is 11.3. The van der Waals surface area contributed by atoms with E-state index in [0.717, 1.165) is 25.8 Å². The zero-order valence-electron chi connectivity index (χ0n) is 7.49. The first-order valence-electron chi connectivity index (χ1n) is 4.48. The van der Waals surface area contributed by atoms with Gasteiger partial charge in [-0.05, 0) is 18.9 Å². The van der Waals surface area contributed by atoms with E-state index in [1.807, 2.05) is 18.4 Å². The molecule has 0 aromatic rings. The van der Waals surface area contributed by atoms with Crippen molar-refractivity contribution in [2.24, 2.45) is 0 Å². The van der Waals surface area contributed by atoms with Crippen molar-refractivity contribution in [2.75, 3.05) is 6.54 Å². The standard InChI is InChI=1S/C10H15NO/c1-2-3-4-7-10(12)11-8-5-6-9-11/h4-5,7-8H,2-3,6,9H2,1H3/b7-4+. The van der Waals surface area contributed by atoms with Crippen LogP contribution in [0.1, 0.15) is 26.2 Å². The molecule has 0 fully saturated rings. The molecular formula is C10H15NO. The molecule has 1 aliphatic rings. The summed E-state index contributed by atoms with van der Waals surface area (Å²) in [6, 6.07) is 0. The molecule has 0 saturated carbocycles. The van der Waals surface area contributed by atoms with Crippen LogP contribution in [-0.4, -0.2) is 17.4 Å². The van der Waals surface area contributed by atoms with E-state index in [0.29, 0.717) is 0 Å². The lowest BCUT2D eigenvalue weighted by molar-refractivity contribution is -0.123. The van der Waals surface area contributed by atoms with E-state index in [4.69, 9.17) is 0 Å². The van der Waals surface area contributed by atoms with Gasteiger partial charge < -0.3 is 4.90 Å². The maximum absolute atomic E-state index is 11.3. The minimum Gasteiger partial charge on any atom is -0.316 e. The molecule has 1 aliphatic heterocycles. The van der Waals surface area contributed by atoms with Crippen LogP contribution in [0.25, 0.3) is 0 Å². The summed E-state index contributed by atoms with van der Waals surface area (Å²) in [6.45, 7) is 2.94. The van der Waals surface area contributed by atoms with Gasteiger partial charge in [0.05, 0.1) is 0 Å². The number of unbranched alkanes of at least 4 members (excludes halogenated alkanes) is 1. The Bertz CT molecular complexity index is 206. The van der Waals surface area contributed by atoms with Gasteiger partial charge in [0, 0.05) is 12.7 Å². The fourth-order valence-corrected chi connectivity index (χ4v) is 1.12. The van der Waals surface area contributed by atoms with E-state index in [1.54, 1.807) is 11.0 Å². The van der Waals surface area contributed by atoms with Crippen LogP contribution in [0, 0.1) is 0 Å². The Morgan fingerprint density at radius 2 is 2.50 bits per heavy atom. The first-order chi connectivity index (χ1) is 5.84. The van der Waals surface area contributed by atoms with Gasteiger partial charge >= 0.3 is 0 Å². The van der Waals surface area contributed by atoms with Crippen LogP contribution >= 0.6 is 0 Å². The Hall–Kier alpha value is -1.05. The molecule has 12 heavy (non-hydrogen) atoms. The summed E-state index contributed by atoms with van der Waals surface area (Å²) in [7, 11) is 0. The van der Waals surface area contributed by atoms with E-state index >= 15 is 0 Å². The van der Waals surface area contributed by atoms with Crippen molar-refractivity contribution in [2.45, 2.75) is 26.2 Å². The topological polar surface area (TPSA) is 20.3 Å². The molecule has 0 spiro atoms. The van der Waals surface area contributed by atoms with Crippen LogP contribution in [0.15, 0.2) is 24.4 Å². The molecular weight excluding hydrogens is 150 g/mol. The number of hydrogen-bond donors (Lipinski definition) is 0. The summed E-state index contributed by atoms with van der Waals surface area (Å²) in [4.78, 5) is 13.1. The molecule has 0 unspecified atom stereocenters. The largest absolute Gasteiger partial charge is 0.316 e. The minimum absolute atomic E-state index is 0.109. The second-order valence-corrected chi connectivity index (χ2v) is 2.90. The molecule has 0 aromatic heterocycles. The Balaban J connectivity index is 2.32. The number of hydrogen-bond acceptors (Lipinski definition) is 1. The minimum atomic E-state index is 0.109. The van der Waals surface area contributed by atoms with Gasteiger partial charge in [-0.15, -0.1) is 0 Å². The highest BCUT2D eigenvalue weighted by Gasteiger charge is 2.09. The average Bonchev–Trinajstić information content (AvgIpc) is 2.56.